The molecular weight excluding hydrogens is 304 g/mol. The van der Waals surface area contributed by atoms with Crippen molar-refractivity contribution in [1.29, 1.82) is 0 Å². The quantitative estimate of drug-likeness (QED) is 0.888. The Morgan fingerprint density at radius 1 is 1.29 bits per heavy atom. The molecule has 0 aliphatic carbocycles. The van der Waals surface area contributed by atoms with Gasteiger partial charge in [-0.3, -0.25) is 4.31 Å². The van der Waals surface area contributed by atoms with E-state index in [1.54, 1.807) is 11.4 Å². The van der Waals surface area contributed by atoms with Gasteiger partial charge in [0, 0.05) is 23.3 Å². The van der Waals surface area contributed by atoms with Gasteiger partial charge in [-0.25, -0.2) is 8.42 Å². The van der Waals surface area contributed by atoms with Crippen molar-refractivity contribution >= 4 is 27.0 Å². The number of anilines is 1. The van der Waals surface area contributed by atoms with Gasteiger partial charge in [0.1, 0.15) is 0 Å². The van der Waals surface area contributed by atoms with Crippen molar-refractivity contribution in [2.45, 2.75) is 25.3 Å². The Kier molecular flexibility index (Phi) is 5.03. The molecule has 0 radical (unpaired) electrons. The van der Waals surface area contributed by atoms with Gasteiger partial charge in [0.2, 0.25) is 0 Å². The molecule has 2 rings (SSSR count). The van der Waals surface area contributed by atoms with Crippen LogP contribution in [0.25, 0.3) is 0 Å². The molecule has 21 heavy (non-hydrogen) atoms. The topological polar surface area (TPSA) is 49.4 Å². The fourth-order valence-electron chi connectivity index (χ4n) is 2.20. The largest absolute Gasteiger partial charge is 0.315 e. The van der Waals surface area contributed by atoms with Gasteiger partial charge in [-0.1, -0.05) is 18.2 Å². The highest BCUT2D eigenvalue weighted by molar-refractivity contribution is 7.93. The molecule has 0 spiro atoms. The summed E-state index contributed by atoms with van der Waals surface area (Å²) >= 11 is 1.46. The normalized spacial score (nSPS) is 11.6. The van der Waals surface area contributed by atoms with Crippen molar-refractivity contribution < 1.29 is 8.42 Å². The van der Waals surface area contributed by atoms with Gasteiger partial charge in [-0.05, 0) is 38.6 Å². The van der Waals surface area contributed by atoms with E-state index >= 15 is 0 Å². The van der Waals surface area contributed by atoms with E-state index < -0.39 is 10.0 Å². The Hall–Kier alpha value is -1.37. The maximum absolute atomic E-state index is 12.8. The molecule has 0 fully saturated rings. The fraction of sp³-hybridized carbons (Fsp3) is 0.333. The van der Waals surface area contributed by atoms with Gasteiger partial charge >= 0.3 is 0 Å². The molecule has 1 aromatic carbocycles. The van der Waals surface area contributed by atoms with Crippen molar-refractivity contribution in [2.24, 2.45) is 0 Å². The van der Waals surface area contributed by atoms with Crippen LogP contribution in [0.4, 0.5) is 5.69 Å². The molecule has 1 N–H and O–H groups in total. The van der Waals surface area contributed by atoms with E-state index in [2.05, 4.69) is 5.32 Å². The molecule has 6 heteroatoms. The van der Waals surface area contributed by atoms with Crippen LogP contribution in [-0.4, -0.2) is 22.0 Å². The maximum Gasteiger partial charge on any atom is 0.265 e. The van der Waals surface area contributed by atoms with Crippen LogP contribution in [0.1, 0.15) is 17.4 Å². The van der Waals surface area contributed by atoms with Crippen LogP contribution < -0.4 is 9.62 Å². The van der Waals surface area contributed by atoms with Crippen LogP contribution in [0.2, 0.25) is 0 Å². The molecule has 0 atom stereocenters. The van der Waals surface area contributed by atoms with E-state index in [1.807, 2.05) is 45.2 Å². The first-order valence-corrected chi connectivity index (χ1v) is 9.13. The number of hydrogen-bond acceptors (Lipinski definition) is 4. The zero-order valence-corrected chi connectivity index (χ0v) is 14.1. The third kappa shape index (κ3) is 3.28. The van der Waals surface area contributed by atoms with Crippen molar-refractivity contribution in [3.8, 4) is 0 Å². The number of sulfonamides is 1. The van der Waals surface area contributed by atoms with E-state index in [1.165, 1.54) is 15.6 Å². The number of nitrogens with zero attached hydrogens (tertiary/aromatic N) is 1. The molecule has 1 aromatic heterocycles. The van der Waals surface area contributed by atoms with Crippen molar-refractivity contribution in [1.82, 2.24) is 5.32 Å². The summed E-state index contributed by atoms with van der Waals surface area (Å²) in [5.74, 6) is 0. The molecular formula is C15H20N2O2S2. The van der Waals surface area contributed by atoms with Crippen LogP contribution in [0, 0.1) is 6.92 Å². The summed E-state index contributed by atoms with van der Waals surface area (Å²) in [6.45, 7) is 4.86. The maximum atomic E-state index is 12.8. The number of para-hydroxylation sites is 1. The minimum Gasteiger partial charge on any atom is -0.315 e. The lowest BCUT2D eigenvalue weighted by atomic mass is 10.2. The summed E-state index contributed by atoms with van der Waals surface area (Å²) in [6, 6.07) is 9.29. The van der Waals surface area contributed by atoms with E-state index in [9.17, 15) is 8.42 Å². The van der Waals surface area contributed by atoms with Crippen molar-refractivity contribution in [3.63, 3.8) is 0 Å². The highest BCUT2D eigenvalue weighted by Crippen LogP contribution is 2.28. The summed E-state index contributed by atoms with van der Waals surface area (Å²) in [5, 5.41) is 4.75. The first-order valence-electron chi connectivity index (χ1n) is 6.81. The Morgan fingerprint density at radius 2 is 2.00 bits per heavy atom. The number of thiophene rings is 1. The Balaban J connectivity index is 2.42. The average molecular weight is 324 g/mol. The third-order valence-corrected chi connectivity index (χ3v) is 6.19. The zero-order chi connectivity index (χ0) is 15.5. The molecule has 0 amide bonds. The van der Waals surface area contributed by atoms with Gasteiger partial charge in [0.15, 0.2) is 0 Å². The van der Waals surface area contributed by atoms with Crippen molar-refractivity contribution in [3.05, 3.63) is 46.2 Å². The van der Waals surface area contributed by atoms with Gasteiger partial charge in [-0.15, -0.1) is 11.3 Å². The van der Waals surface area contributed by atoms with Gasteiger partial charge in [0.25, 0.3) is 10.0 Å². The molecule has 114 valence electrons. The Bertz CT molecular complexity index is 708. The molecule has 4 nitrogen and oxygen atoms in total. The molecule has 0 bridgehead atoms. The lowest BCUT2D eigenvalue weighted by Gasteiger charge is -2.23. The predicted molar refractivity (Wildman–Crippen MR) is 88.5 cm³/mol. The molecule has 2 aromatic rings. The first kappa shape index (κ1) is 16.0. The number of benzene rings is 1. The third-order valence-electron chi connectivity index (χ3n) is 3.24. The second-order valence-electron chi connectivity index (χ2n) is 4.74. The number of hydrogen-bond donors (Lipinski definition) is 1. The molecule has 0 aliphatic heterocycles. The smallest absolute Gasteiger partial charge is 0.265 e. The fourth-order valence-corrected chi connectivity index (χ4v) is 5.02. The van der Waals surface area contributed by atoms with Gasteiger partial charge < -0.3 is 5.32 Å². The molecule has 0 saturated heterocycles. The average Bonchev–Trinajstić information content (AvgIpc) is 2.91. The molecule has 0 saturated carbocycles. The molecule has 1 heterocycles. The Labute approximate surface area is 130 Å². The number of rotatable bonds is 6. The van der Waals surface area contributed by atoms with E-state index in [0.717, 1.165) is 16.1 Å². The van der Waals surface area contributed by atoms with E-state index in [-0.39, 0.29) is 0 Å². The van der Waals surface area contributed by atoms with Gasteiger partial charge in [-0.2, -0.15) is 0 Å². The summed E-state index contributed by atoms with van der Waals surface area (Å²) in [4.78, 5) is 1.37. The standard InChI is InChI=1S/C15H20N2O2S2/c1-4-17(15-8-6-5-7-12(15)2)21(18,19)14-9-13(10-16-3)20-11-14/h5-9,11,16H,4,10H2,1-3H3. The second kappa shape index (κ2) is 6.60. The zero-order valence-electron chi connectivity index (χ0n) is 12.5. The van der Waals surface area contributed by atoms with E-state index in [4.69, 9.17) is 0 Å². The lowest BCUT2D eigenvalue weighted by Crippen LogP contribution is -2.31. The second-order valence-corrected chi connectivity index (χ2v) is 7.59. The minimum absolute atomic E-state index is 0.364. The summed E-state index contributed by atoms with van der Waals surface area (Å²) < 4.78 is 27.2. The number of nitrogens with one attached hydrogen (secondary N) is 1. The van der Waals surface area contributed by atoms with Crippen LogP contribution in [0.5, 0.6) is 0 Å². The monoisotopic (exact) mass is 324 g/mol. The first-order chi connectivity index (χ1) is 10.0. The number of aryl methyl sites for hydroxylation is 1. The van der Waals surface area contributed by atoms with Crippen LogP contribution in [-0.2, 0) is 16.6 Å². The predicted octanol–water partition coefficient (Wildman–Crippen LogP) is 2.99. The van der Waals surface area contributed by atoms with Gasteiger partial charge in [0.05, 0.1) is 10.6 Å². The lowest BCUT2D eigenvalue weighted by molar-refractivity contribution is 0.592. The van der Waals surface area contributed by atoms with Crippen LogP contribution in [0.15, 0.2) is 40.6 Å². The van der Waals surface area contributed by atoms with Crippen LogP contribution >= 0.6 is 11.3 Å². The highest BCUT2D eigenvalue weighted by atomic mass is 32.2. The van der Waals surface area contributed by atoms with E-state index in [0.29, 0.717) is 18.0 Å². The minimum atomic E-state index is -3.51. The Morgan fingerprint density at radius 3 is 2.62 bits per heavy atom. The highest BCUT2D eigenvalue weighted by Gasteiger charge is 2.25. The summed E-state index contributed by atoms with van der Waals surface area (Å²) in [7, 11) is -1.66. The summed E-state index contributed by atoms with van der Waals surface area (Å²) in [6.07, 6.45) is 0. The SMILES string of the molecule is CCN(c1ccccc1C)S(=O)(=O)c1csc(CNC)c1. The molecule has 0 unspecified atom stereocenters. The summed E-state index contributed by atoms with van der Waals surface area (Å²) in [5.41, 5.74) is 1.69. The van der Waals surface area contributed by atoms with Crippen molar-refractivity contribution in [2.75, 3.05) is 17.9 Å². The molecule has 0 aliphatic rings. The van der Waals surface area contributed by atoms with Crippen LogP contribution in [0.3, 0.4) is 0 Å².